The molecule has 0 radical (unpaired) electrons. The van der Waals surface area contributed by atoms with E-state index < -0.39 is 9.02 Å². The number of fused-ring (bicyclic) bond motifs is 2. The number of carbonyl (C=O) groups excluding carboxylic acids is 1. The third-order valence-electron chi connectivity index (χ3n) is 4.59. The number of hydrogen-bond acceptors (Lipinski definition) is 2. The monoisotopic (exact) mass is 386 g/mol. The number of hydrogen-bond donors (Lipinski definition) is 1. The zero-order valence-electron chi connectivity index (χ0n) is 11.9. The Hall–Kier alpha value is -0.620. The number of carbonyl (C=O) groups is 1. The molecule has 0 amide bonds. The molecular formula is C16H21INO2+. The van der Waals surface area contributed by atoms with E-state index in [0.29, 0.717) is 12.0 Å². The van der Waals surface area contributed by atoms with Crippen molar-refractivity contribution in [3.05, 3.63) is 35.9 Å². The number of piperidine rings is 1. The first kappa shape index (κ1) is 14.3. The van der Waals surface area contributed by atoms with E-state index in [1.807, 2.05) is 32.0 Å². The molecule has 108 valence electrons. The van der Waals surface area contributed by atoms with Gasteiger partial charge in [0.1, 0.15) is 3.42 Å². The first-order chi connectivity index (χ1) is 9.42. The van der Waals surface area contributed by atoms with Crippen molar-refractivity contribution in [2.24, 2.45) is 5.92 Å². The van der Waals surface area contributed by atoms with Crippen molar-refractivity contribution >= 4 is 28.6 Å². The van der Waals surface area contributed by atoms with Crippen molar-refractivity contribution in [2.75, 3.05) is 6.54 Å². The second-order valence-electron chi connectivity index (χ2n) is 6.49. The van der Waals surface area contributed by atoms with Crippen LogP contribution in [0.3, 0.4) is 0 Å². The molecule has 1 aliphatic heterocycles. The van der Waals surface area contributed by atoms with Crippen LogP contribution in [0, 0.1) is 5.92 Å². The lowest BCUT2D eigenvalue weighted by atomic mass is 9.82. The molecule has 1 aromatic rings. The molecule has 3 atom stereocenters. The van der Waals surface area contributed by atoms with Gasteiger partial charge in [-0.1, -0.05) is 52.9 Å². The van der Waals surface area contributed by atoms with E-state index in [1.54, 1.807) is 0 Å². The molecule has 20 heavy (non-hydrogen) atoms. The van der Waals surface area contributed by atoms with Crippen molar-refractivity contribution in [1.82, 2.24) is 0 Å². The van der Waals surface area contributed by atoms with Crippen LogP contribution in [0.15, 0.2) is 30.3 Å². The fourth-order valence-corrected chi connectivity index (χ4v) is 3.67. The molecule has 1 saturated heterocycles. The van der Waals surface area contributed by atoms with Gasteiger partial charge >= 0.3 is 5.97 Å². The van der Waals surface area contributed by atoms with Crippen molar-refractivity contribution < 1.29 is 14.8 Å². The molecule has 2 aliphatic rings. The largest absolute Gasteiger partial charge is 0.452 e. The van der Waals surface area contributed by atoms with Gasteiger partial charge in [0.25, 0.3) is 0 Å². The average Bonchev–Trinajstić information content (AvgIpc) is 2.99. The smallest absolute Gasteiger partial charge is 0.322 e. The zero-order chi connectivity index (χ0) is 14.4. The highest BCUT2D eigenvalue weighted by Crippen LogP contribution is 2.48. The summed E-state index contributed by atoms with van der Waals surface area (Å²) < 4.78 is 5.64. The molecule has 3 nitrogen and oxygen atoms in total. The van der Waals surface area contributed by atoms with E-state index in [9.17, 15) is 4.79 Å². The van der Waals surface area contributed by atoms with Crippen LogP contribution < -0.4 is 5.32 Å². The van der Waals surface area contributed by atoms with Gasteiger partial charge in [0.15, 0.2) is 5.60 Å². The van der Waals surface area contributed by atoms with Crippen LogP contribution in [0.1, 0.15) is 32.3 Å². The molecule has 1 heterocycles. The maximum atomic E-state index is 12.4. The van der Waals surface area contributed by atoms with E-state index in [1.165, 1.54) is 0 Å². The molecule has 3 rings (SSSR count). The quantitative estimate of drug-likeness (QED) is 0.491. The number of alkyl halides is 1. The summed E-state index contributed by atoms with van der Waals surface area (Å²) in [5, 5.41) is 2.40. The highest BCUT2D eigenvalue weighted by Gasteiger charge is 2.58. The van der Waals surface area contributed by atoms with Gasteiger partial charge in [-0.15, -0.1) is 0 Å². The summed E-state index contributed by atoms with van der Waals surface area (Å²) in [5.41, 5.74) is 0.759. The molecule has 2 bridgehead atoms. The van der Waals surface area contributed by atoms with Crippen LogP contribution >= 0.6 is 22.6 Å². The molecule has 1 aromatic carbocycles. The Kier molecular flexibility index (Phi) is 3.57. The molecule has 1 aliphatic carbocycles. The van der Waals surface area contributed by atoms with Crippen molar-refractivity contribution in [3.8, 4) is 0 Å². The Labute approximate surface area is 133 Å². The predicted molar refractivity (Wildman–Crippen MR) is 85.6 cm³/mol. The number of rotatable bonds is 3. The zero-order valence-corrected chi connectivity index (χ0v) is 14.1. The number of ether oxygens (including phenoxy) is 1. The van der Waals surface area contributed by atoms with Gasteiger partial charge in [0, 0.05) is 12.8 Å². The Morgan fingerprint density at radius 2 is 2.10 bits per heavy atom. The minimum absolute atomic E-state index is 0.102. The molecule has 1 saturated carbocycles. The van der Waals surface area contributed by atoms with Gasteiger partial charge in [-0.3, -0.25) is 4.79 Å². The normalized spacial score (nSPS) is 32.4. The van der Waals surface area contributed by atoms with Crippen LogP contribution in [-0.4, -0.2) is 22.0 Å². The van der Waals surface area contributed by atoms with E-state index >= 15 is 0 Å². The van der Waals surface area contributed by atoms with Gasteiger partial charge in [0.05, 0.1) is 18.5 Å². The second-order valence-corrected chi connectivity index (χ2v) is 9.18. The van der Waals surface area contributed by atoms with E-state index in [2.05, 4.69) is 40.0 Å². The Balaban J connectivity index is 1.96. The van der Waals surface area contributed by atoms with Gasteiger partial charge < -0.3 is 10.1 Å². The van der Waals surface area contributed by atoms with E-state index in [0.717, 1.165) is 24.9 Å². The lowest BCUT2D eigenvalue weighted by molar-refractivity contribution is -0.683. The average molecular weight is 386 g/mol. The third kappa shape index (κ3) is 2.37. The highest BCUT2D eigenvalue weighted by atomic mass is 127. The fraction of sp³-hybridized carbons (Fsp3) is 0.562. The number of quaternary nitrogens is 1. The highest BCUT2D eigenvalue weighted by molar-refractivity contribution is 14.1. The number of nitrogens with two attached hydrogens (primary N) is 1. The van der Waals surface area contributed by atoms with Crippen LogP contribution in [0.4, 0.5) is 0 Å². The van der Waals surface area contributed by atoms with Crippen molar-refractivity contribution in [2.45, 2.75) is 41.8 Å². The van der Waals surface area contributed by atoms with E-state index in [4.69, 9.17) is 4.74 Å². The molecule has 0 aromatic heterocycles. The Morgan fingerprint density at radius 1 is 1.40 bits per heavy atom. The lowest BCUT2D eigenvalue weighted by Crippen LogP contribution is -2.89. The summed E-state index contributed by atoms with van der Waals surface area (Å²) in [7, 11) is 0. The van der Waals surface area contributed by atoms with Crippen molar-refractivity contribution in [3.63, 3.8) is 0 Å². The minimum atomic E-state index is -0.481. The summed E-state index contributed by atoms with van der Waals surface area (Å²) in [6, 6.07) is 10.9. The second kappa shape index (κ2) is 4.98. The standard InChI is InChI=1S/C16H20INO2/c1-15(2,17)14(19)20-16(11-6-4-3-5-7-11)9-13-8-12(16)10-18-13/h3-7,12-13,18H,8-10H2,1-2H3/p+1. The molecule has 3 unspecified atom stereocenters. The third-order valence-corrected chi connectivity index (χ3v) is 5.03. The first-order valence-corrected chi connectivity index (χ1v) is 8.31. The number of benzene rings is 1. The van der Waals surface area contributed by atoms with Crippen LogP contribution in [0.5, 0.6) is 0 Å². The van der Waals surface area contributed by atoms with Gasteiger partial charge in [-0.25, -0.2) is 0 Å². The predicted octanol–water partition coefficient (Wildman–Crippen LogP) is 1.99. The van der Waals surface area contributed by atoms with Crippen LogP contribution in [0.25, 0.3) is 0 Å². The molecule has 2 fully saturated rings. The maximum absolute atomic E-state index is 12.4. The summed E-state index contributed by atoms with van der Waals surface area (Å²) >= 11 is 2.16. The number of halogens is 1. The molecular weight excluding hydrogens is 365 g/mol. The molecule has 2 N–H and O–H groups in total. The van der Waals surface area contributed by atoms with Crippen LogP contribution in [0.2, 0.25) is 0 Å². The number of esters is 1. The SMILES string of the molecule is CC(C)(I)C(=O)OC1(c2ccccc2)CC2CC1C[NH2+]2. The Bertz CT molecular complexity index is 511. The topological polar surface area (TPSA) is 42.9 Å². The Morgan fingerprint density at radius 3 is 2.60 bits per heavy atom. The first-order valence-electron chi connectivity index (χ1n) is 7.23. The summed E-state index contributed by atoms with van der Waals surface area (Å²) in [4.78, 5) is 12.4. The summed E-state index contributed by atoms with van der Waals surface area (Å²) in [6.07, 6.45) is 2.10. The minimum Gasteiger partial charge on any atom is -0.452 e. The van der Waals surface area contributed by atoms with Crippen molar-refractivity contribution in [1.29, 1.82) is 0 Å². The van der Waals surface area contributed by atoms with Gasteiger partial charge in [-0.2, -0.15) is 0 Å². The fourth-order valence-electron chi connectivity index (χ4n) is 3.56. The lowest BCUT2D eigenvalue weighted by Gasteiger charge is -2.37. The summed E-state index contributed by atoms with van der Waals surface area (Å²) in [6.45, 7) is 4.89. The maximum Gasteiger partial charge on any atom is 0.322 e. The van der Waals surface area contributed by atoms with E-state index in [-0.39, 0.29) is 5.97 Å². The molecule has 0 spiro atoms. The van der Waals surface area contributed by atoms with Gasteiger partial charge in [0.2, 0.25) is 0 Å². The van der Waals surface area contributed by atoms with Gasteiger partial charge in [-0.05, 0) is 19.4 Å². The summed E-state index contributed by atoms with van der Waals surface area (Å²) in [5.74, 6) is 0.340. The molecule has 4 heteroatoms. The van der Waals surface area contributed by atoms with Crippen LogP contribution in [-0.2, 0) is 15.1 Å².